The Labute approximate surface area is 167 Å². The number of benzene rings is 1. The van der Waals surface area contributed by atoms with Crippen molar-refractivity contribution in [2.45, 2.75) is 20.4 Å². The van der Waals surface area contributed by atoms with Gasteiger partial charge in [0.1, 0.15) is 17.4 Å². The molecule has 0 atom stereocenters. The van der Waals surface area contributed by atoms with Crippen molar-refractivity contribution in [1.82, 2.24) is 9.88 Å². The van der Waals surface area contributed by atoms with Gasteiger partial charge >= 0.3 is 5.97 Å². The number of rotatable bonds is 6. The van der Waals surface area contributed by atoms with Gasteiger partial charge in [0, 0.05) is 17.1 Å². The number of aromatic nitrogens is 1. The Hall–Kier alpha value is -4.05. The van der Waals surface area contributed by atoms with Gasteiger partial charge in [-0.2, -0.15) is 5.26 Å². The maximum atomic E-state index is 12.3. The number of nitrogens with zero attached hydrogens (tertiary/aromatic N) is 2. The lowest BCUT2D eigenvalue weighted by Gasteiger charge is -2.10. The van der Waals surface area contributed by atoms with Crippen LogP contribution in [0.3, 0.4) is 0 Å². The Balaban J connectivity index is 1.86. The molecule has 0 radical (unpaired) electrons. The summed E-state index contributed by atoms with van der Waals surface area (Å²) in [6.07, 6.45) is 3.06. The molecule has 0 saturated carbocycles. The summed E-state index contributed by atoms with van der Waals surface area (Å²) in [7, 11) is 0. The number of amides is 1. The molecule has 1 aromatic carbocycles. The van der Waals surface area contributed by atoms with Crippen molar-refractivity contribution in [2.24, 2.45) is 0 Å². The van der Waals surface area contributed by atoms with E-state index in [4.69, 9.17) is 9.52 Å². The Kier molecular flexibility index (Phi) is 5.65. The molecule has 0 spiro atoms. The van der Waals surface area contributed by atoms with E-state index in [1.165, 1.54) is 18.4 Å². The summed E-state index contributed by atoms with van der Waals surface area (Å²) in [6, 6.07) is 13.8. The fraction of sp³-hybridized carbons (Fsp3) is 0.136. The van der Waals surface area contributed by atoms with E-state index in [2.05, 4.69) is 5.32 Å². The van der Waals surface area contributed by atoms with E-state index < -0.39 is 11.9 Å². The average molecular weight is 389 g/mol. The molecule has 1 amide bonds. The molecular weight excluding hydrogens is 370 g/mol. The number of carbonyl (C=O) groups excluding carboxylic acids is 1. The number of carbonyl (C=O) groups is 2. The molecule has 2 N–H and O–H groups in total. The first-order valence-electron chi connectivity index (χ1n) is 8.85. The van der Waals surface area contributed by atoms with E-state index in [9.17, 15) is 14.9 Å². The van der Waals surface area contributed by atoms with Crippen molar-refractivity contribution in [3.8, 4) is 11.8 Å². The zero-order valence-electron chi connectivity index (χ0n) is 16.0. The molecule has 0 aliphatic heterocycles. The van der Waals surface area contributed by atoms with Crippen LogP contribution in [0, 0.1) is 25.2 Å². The van der Waals surface area contributed by atoms with E-state index in [0.29, 0.717) is 5.76 Å². The van der Waals surface area contributed by atoms with Gasteiger partial charge in [-0.3, -0.25) is 4.79 Å². The van der Waals surface area contributed by atoms with Crippen molar-refractivity contribution in [1.29, 1.82) is 5.26 Å². The number of carboxylic acid groups (broad SMARTS) is 1. The Bertz CT molecular complexity index is 1110. The van der Waals surface area contributed by atoms with Crippen LogP contribution in [0.1, 0.15) is 33.1 Å². The van der Waals surface area contributed by atoms with Crippen LogP contribution in [0.15, 0.2) is 58.7 Å². The van der Waals surface area contributed by atoms with Gasteiger partial charge in [0.05, 0.1) is 18.4 Å². The summed E-state index contributed by atoms with van der Waals surface area (Å²) in [5.74, 6) is -0.876. The molecule has 7 heteroatoms. The minimum absolute atomic E-state index is 0.0157. The first-order chi connectivity index (χ1) is 13.9. The van der Waals surface area contributed by atoms with Gasteiger partial charge in [0.2, 0.25) is 0 Å². The lowest BCUT2D eigenvalue weighted by molar-refractivity contribution is -0.117. The third kappa shape index (κ3) is 4.28. The molecule has 0 aliphatic rings. The second kappa shape index (κ2) is 8.31. The quantitative estimate of drug-likeness (QED) is 0.494. The van der Waals surface area contributed by atoms with E-state index in [1.54, 1.807) is 30.3 Å². The van der Waals surface area contributed by atoms with Gasteiger partial charge in [0.15, 0.2) is 0 Å². The molecule has 0 bridgehead atoms. The Morgan fingerprint density at radius 2 is 1.97 bits per heavy atom. The highest BCUT2D eigenvalue weighted by Crippen LogP contribution is 2.23. The third-order valence-corrected chi connectivity index (χ3v) is 4.51. The molecule has 146 valence electrons. The van der Waals surface area contributed by atoms with Crippen molar-refractivity contribution in [3.63, 3.8) is 0 Å². The Morgan fingerprint density at radius 1 is 1.24 bits per heavy atom. The summed E-state index contributed by atoms with van der Waals surface area (Å²) < 4.78 is 7.11. The highest BCUT2D eigenvalue weighted by molar-refractivity contribution is 6.01. The highest BCUT2D eigenvalue weighted by atomic mass is 16.4. The number of aromatic carboxylic acids is 1. The molecule has 2 heterocycles. The van der Waals surface area contributed by atoms with E-state index in [-0.39, 0.29) is 17.7 Å². The van der Waals surface area contributed by atoms with Crippen molar-refractivity contribution in [3.05, 3.63) is 82.6 Å². The SMILES string of the molecule is Cc1cc(/C=C(\C#N)C(=O)NCc2ccco2)c(C)n1-c1ccc(C(=O)O)cc1. The van der Waals surface area contributed by atoms with Crippen LogP contribution < -0.4 is 5.32 Å². The van der Waals surface area contributed by atoms with E-state index in [0.717, 1.165) is 22.6 Å². The van der Waals surface area contributed by atoms with E-state index in [1.807, 2.05) is 30.6 Å². The number of aryl methyl sites for hydroxylation is 1. The van der Waals surface area contributed by atoms with Crippen molar-refractivity contribution in [2.75, 3.05) is 0 Å². The normalized spacial score (nSPS) is 11.1. The molecule has 0 unspecified atom stereocenters. The van der Waals surface area contributed by atoms with Gasteiger partial charge in [-0.25, -0.2) is 4.79 Å². The first-order valence-corrected chi connectivity index (χ1v) is 8.85. The van der Waals surface area contributed by atoms with Crippen LogP contribution in [0.25, 0.3) is 11.8 Å². The maximum Gasteiger partial charge on any atom is 0.335 e. The van der Waals surface area contributed by atoms with Gasteiger partial charge in [-0.1, -0.05) is 0 Å². The number of nitrogens with one attached hydrogen (secondary N) is 1. The largest absolute Gasteiger partial charge is 0.478 e. The van der Waals surface area contributed by atoms with Gasteiger partial charge in [-0.15, -0.1) is 0 Å². The van der Waals surface area contributed by atoms with Gasteiger partial charge in [0.25, 0.3) is 5.91 Å². The second-order valence-corrected chi connectivity index (χ2v) is 6.45. The maximum absolute atomic E-state index is 12.3. The van der Waals surface area contributed by atoms with Crippen LogP contribution in [0.4, 0.5) is 0 Å². The minimum Gasteiger partial charge on any atom is -0.478 e. The molecule has 0 aliphatic carbocycles. The lowest BCUT2D eigenvalue weighted by atomic mass is 10.1. The molecule has 3 rings (SSSR count). The molecule has 3 aromatic rings. The van der Waals surface area contributed by atoms with Gasteiger partial charge < -0.3 is 19.4 Å². The van der Waals surface area contributed by atoms with Gasteiger partial charge in [-0.05, 0) is 68.0 Å². The summed E-state index contributed by atoms with van der Waals surface area (Å²) in [5.41, 5.74) is 3.44. The summed E-state index contributed by atoms with van der Waals surface area (Å²) >= 11 is 0. The Morgan fingerprint density at radius 3 is 2.55 bits per heavy atom. The number of furan rings is 1. The molecule has 29 heavy (non-hydrogen) atoms. The number of carboxylic acids is 1. The molecule has 0 saturated heterocycles. The zero-order valence-corrected chi connectivity index (χ0v) is 16.0. The molecule has 7 nitrogen and oxygen atoms in total. The average Bonchev–Trinajstić information content (AvgIpc) is 3.32. The van der Waals surface area contributed by atoms with Crippen LogP contribution in [-0.4, -0.2) is 21.6 Å². The number of nitriles is 1. The monoisotopic (exact) mass is 389 g/mol. The van der Waals surface area contributed by atoms with Crippen molar-refractivity contribution < 1.29 is 19.1 Å². The van der Waals surface area contributed by atoms with Crippen LogP contribution in [-0.2, 0) is 11.3 Å². The van der Waals surface area contributed by atoms with Crippen LogP contribution >= 0.6 is 0 Å². The fourth-order valence-electron chi connectivity index (χ4n) is 3.06. The molecular formula is C22H19N3O4. The second-order valence-electron chi connectivity index (χ2n) is 6.45. The standard InChI is InChI=1S/C22H19N3O4/c1-14-10-17(11-18(12-23)21(26)24-13-20-4-3-9-29-20)15(2)25(14)19-7-5-16(6-8-19)22(27)28/h3-11H,13H2,1-2H3,(H,24,26)(H,27,28)/b18-11+. The smallest absolute Gasteiger partial charge is 0.335 e. The number of hydrogen-bond donors (Lipinski definition) is 2. The van der Waals surface area contributed by atoms with E-state index >= 15 is 0 Å². The first kappa shape index (κ1) is 19.7. The topological polar surface area (TPSA) is 108 Å². The molecule has 0 fully saturated rings. The van der Waals surface area contributed by atoms with Crippen molar-refractivity contribution >= 4 is 18.0 Å². The zero-order chi connectivity index (χ0) is 21.0. The lowest BCUT2D eigenvalue weighted by Crippen LogP contribution is -2.23. The summed E-state index contributed by atoms with van der Waals surface area (Å²) in [4.78, 5) is 23.4. The van der Waals surface area contributed by atoms with Crippen LogP contribution in [0.5, 0.6) is 0 Å². The number of hydrogen-bond acceptors (Lipinski definition) is 4. The summed E-state index contributed by atoms with van der Waals surface area (Å²) in [5, 5.41) is 21.1. The summed E-state index contributed by atoms with van der Waals surface area (Å²) in [6.45, 7) is 3.97. The minimum atomic E-state index is -0.986. The van der Waals surface area contributed by atoms with Crippen LogP contribution in [0.2, 0.25) is 0 Å². The highest BCUT2D eigenvalue weighted by Gasteiger charge is 2.14. The predicted octanol–water partition coefficient (Wildman–Crippen LogP) is 3.61. The molecule has 2 aromatic heterocycles. The third-order valence-electron chi connectivity index (χ3n) is 4.51. The predicted molar refractivity (Wildman–Crippen MR) is 106 cm³/mol. The fourth-order valence-corrected chi connectivity index (χ4v) is 3.06.